The lowest BCUT2D eigenvalue weighted by Gasteiger charge is -1.57. The second kappa shape index (κ2) is 0.856. The zero-order valence-electron chi connectivity index (χ0n) is 4.22. The summed E-state index contributed by atoms with van der Waals surface area (Å²) in [5.41, 5.74) is 0. The van der Waals surface area contributed by atoms with Gasteiger partial charge in [-0.25, -0.2) is 0 Å². The zero-order valence-corrected chi connectivity index (χ0v) is 6.67. The minimum atomic E-state index is 1.60. The molecule has 0 spiro atoms. The molecule has 3 aromatic heterocycles. The molecule has 0 saturated carbocycles. The third-order valence-corrected chi connectivity index (χ3v) is 5.17. The van der Waals surface area contributed by atoms with Crippen LogP contribution >= 0.6 is 34.0 Å². The van der Waals surface area contributed by atoms with Crippen LogP contribution in [0, 0.1) is 0 Å². The third-order valence-electron chi connectivity index (χ3n) is 1.72. The van der Waals surface area contributed by atoms with Crippen LogP contribution in [0.25, 0.3) is 28.2 Å². The largest absolute Gasteiger partial charge is 0.130 e. The standard InChI is InChI=1S/C6S3/c7-1-2(7)4-6(9-4)5-3(1)8-5. The van der Waals surface area contributed by atoms with Gasteiger partial charge in [0.05, 0.1) is 28.2 Å². The maximum absolute atomic E-state index is 1.97. The molecule has 0 aliphatic carbocycles. The summed E-state index contributed by atoms with van der Waals surface area (Å²) in [5, 5.41) is 0. The molecule has 0 aliphatic heterocycles. The van der Waals surface area contributed by atoms with Crippen LogP contribution in [0.5, 0.6) is 0 Å². The van der Waals surface area contributed by atoms with Gasteiger partial charge in [-0.3, -0.25) is 0 Å². The molecule has 0 N–H and O–H groups in total. The average Bonchev–Trinajstić information content (AvgIpc) is 2.64. The summed E-state index contributed by atoms with van der Waals surface area (Å²) in [4.78, 5) is 0. The molecule has 0 amide bonds. The summed E-state index contributed by atoms with van der Waals surface area (Å²) in [6, 6.07) is 0. The molecular formula is C6S3. The van der Waals surface area contributed by atoms with Crippen molar-refractivity contribution < 1.29 is 0 Å². The van der Waals surface area contributed by atoms with Crippen LogP contribution in [0.1, 0.15) is 0 Å². The molecule has 4 rings (SSSR count). The lowest BCUT2D eigenvalue weighted by Crippen LogP contribution is -1.34. The highest BCUT2D eigenvalue weighted by atomic mass is 32.1. The molecule has 4 aromatic rings. The fourth-order valence-corrected chi connectivity index (χ4v) is 4.50. The molecule has 0 unspecified atom stereocenters. The zero-order chi connectivity index (χ0) is 5.59. The molecule has 3 heterocycles. The van der Waals surface area contributed by atoms with Crippen LogP contribution in [0.2, 0.25) is 0 Å². The van der Waals surface area contributed by atoms with E-state index in [9.17, 15) is 0 Å². The highest BCUT2D eigenvalue weighted by Crippen LogP contribution is 2.61. The summed E-state index contributed by atoms with van der Waals surface area (Å²) in [6.45, 7) is 0. The van der Waals surface area contributed by atoms with Crippen molar-refractivity contribution in [3.05, 3.63) is 0 Å². The first kappa shape index (κ1) is 3.91. The van der Waals surface area contributed by atoms with Gasteiger partial charge in [0.1, 0.15) is 0 Å². The molecule has 42 valence electrons. The van der Waals surface area contributed by atoms with Crippen molar-refractivity contribution >= 4 is 62.2 Å². The second-order valence-electron chi connectivity index (χ2n) is 2.28. The molecule has 3 heteroatoms. The van der Waals surface area contributed by atoms with E-state index in [0.29, 0.717) is 0 Å². The van der Waals surface area contributed by atoms with E-state index in [0.717, 1.165) is 0 Å². The Balaban J connectivity index is 2.75. The average molecular weight is 168 g/mol. The van der Waals surface area contributed by atoms with Gasteiger partial charge in [0.15, 0.2) is 0 Å². The molecule has 0 fully saturated rings. The Morgan fingerprint density at radius 2 is 0.667 bits per heavy atom. The SMILES string of the molecule is s1c2c3sc3c3sc3c12. The van der Waals surface area contributed by atoms with E-state index < -0.39 is 0 Å². The molecular weight excluding hydrogens is 168 g/mol. The summed E-state index contributed by atoms with van der Waals surface area (Å²) in [6.07, 6.45) is 0. The predicted octanol–water partition coefficient (Wildman–Crippen LogP) is 3.64. The van der Waals surface area contributed by atoms with Crippen molar-refractivity contribution in [3.8, 4) is 0 Å². The molecule has 0 aliphatic rings. The van der Waals surface area contributed by atoms with E-state index in [1.807, 2.05) is 34.0 Å². The summed E-state index contributed by atoms with van der Waals surface area (Å²) < 4.78 is 9.58. The van der Waals surface area contributed by atoms with Crippen LogP contribution in [-0.2, 0) is 0 Å². The van der Waals surface area contributed by atoms with Crippen molar-refractivity contribution in [2.45, 2.75) is 0 Å². The molecule has 0 bridgehead atoms. The lowest BCUT2D eigenvalue weighted by molar-refractivity contribution is 2.71. The smallest absolute Gasteiger partial charge is 0.0652 e. The highest BCUT2D eigenvalue weighted by molar-refractivity contribution is 7.55. The van der Waals surface area contributed by atoms with Gasteiger partial charge in [-0.2, -0.15) is 0 Å². The molecule has 1 aromatic carbocycles. The van der Waals surface area contributed by atoms with E-state index in [1.54, 1.807) is 28.2 Å². The van der Waals surface area contributed by atoms with E-state index in [1.165, 1.54) is 0 Å². The number of rotatable bonds is 0. The van der Waals surface area contributed by atoms with Gasteiger partial charge in [-0.15, -0.1) is 34.0 Å². The maximum atomic E-state index is 1.97. The van der Waals surface area contributed by atoms with Crippen LogP contribution < -0.4 is 0 Å². The van der Waals surface area contributed by atoms with Gasteiger partial charge in [-0.05, 0) is 0 Å². The van der Waals surface area contributed by atoms with E-state index in [4.69, 9.17) is 0 Å². The Kier molecular flexibility index (Phi) is 0.371. The summed E-state index contributed by atoms with van der Waals surface area (Å²) in [7, 11) is 0. The van der Waals surface area contributed by atoms with Crippen LogP contribution in [0.3, 0.4) is 0 Å². The van der Waals surface area contributed by atoms with E-state index in [-0.39, 0.29) is 0 Å². The van der Waals surface area contributed by atoms with Gasteiger partial charge >= 0.3 is 0 Å². The van der Waals surface area contributed by atoms with Crippen molar-refractivity contribution in [1.82, 2.24) is 0 Å². The van der Waals surface area contributed by atoms with Crippen LogP contribution in [0.4, 0.5) is 0 Å². The topological polar surface area (TPSA) is 0 Å². The monoisotopic (exact) mass is 168 g/mol. The fourth-order valence-electron chi connectivity index (χ4n) is 1.13. The highest BCUT2D eigenvalue weighted by Gasteiger charge is 2.26. The summed E-state index contributed by atoms with van der Waals surface area (Å²) >= 11 is 5.92. The Hall–Kier alpha value is -0.120. The number of benzene rings is 1. The number of hydrogen-bond donors (Lipinski definition) is 0. The minimum absolute atomic E-state index is 1.60. The summed E-state index contributed by atoms with van der Waals surface area (Å²) in [5.74, 6) is 0. The number of hydrogen-bond acceptors (Lipinski definition) is 3. The van der Waals surface area contributed by atoms with Gasteiger partial charge in [-0.1, -0.05) is 0 Å². The maximum Gasteiger partial charge on any atom is 0.0652 e. The first-order valence-electron chi connectivity index (χ1n) is 2.72. The lowest BCUT2D eigenvalue weighted by atomic mass is 10.4. The molecule has 0 atom stereocenters. The minimum Gasteiger partial charge on any atom is -0.130 e. The van der Waals surface area contributed by atoms with Crippen molar-refractivity contribution in [2.75, 3.05) is 0 Å². The molecule has 0 radical (unpaired) electrons. The predicted molar refractivity (Wildman–Crippen MR) is 46.1 cm³/mol. The second-order valence-corrected chi connectivity index (χ2v) is 5.34. The quantitative estimate of drug-likeness (QED) is 0.376. The van der Waals surface area contributed by atoms with Gasteiger partial charge in [0.25, 0.3) is 0 Å². The number of fused-ring (bicyclic) bond motifs is 6. The van der Waals surface area contributed by atoms with Crippen molar-refractivity contribution in [2.24, 2.45) is 0 Å². The Morgan fingerprint density at radius 3 is 0.889 bits per heavy atom. The van der Waals surface area contributed by atoms with Gasteiger partial charge in [0, 0.05) is 0 Å². The molecule has 0 saturated heterocycles. The molecule has 0 nitrogen and oxygen atoms in total. The third kappa shape index (κ3) is 0.305. The van der Waals surface area contributed by atoms with E-state index in [2.05, 4.69) is 0 Å². The van der Waals surface area contributed by atoms with Crippen molar-refractivity contribution in [3.63, 3.8) is 0 Å². The molecule has 9 heavy (non-hydrogen) atoms. The van der Waals surface area contributed by atoms with Gasteiger partial charge in [0.2, 0.25) is 0 Å². The van der Waals surface area contributed by atoms with E-state index >= 15 is 0 Å². The van der Waals surface area contributed by atoms with Gasteiger partial charge < -0.3 is 0 Å². The van der Waals surface area contributed by atoms with Crippen molar-refractivity contribution in [1.29, 1.82) is 0 Å². The Labute approximate surface area is 62.3 Å². The van der Waals surface area contributed by atoms with Crippen LogP contribution in [0.15, 0.2) is 0 Å². The normalized spacial score (nSPS) is 14.7. The first-order chi connectivity index (χ1) is 4.45. The Bertz CT molecular complexity index is 395. The Morgan fingerprint density at radius 1 is 0.444 bits per heavy atom. The first-order valence-corrected chi connectivity index (χ1v) is 5.17. The van der Waals surface area contributed by atoms with Crippen LogP contribution in [-0.4, -0.2) is 0 Å². The fraction of sp³-hybridized carbons (Fsp3) is 0.